The summed E-state index contributed by atoms with van der Waals surface area (Å²) in [4.78, 5) is 23.9. The highest BCUT2D eigenvalue weighted by Crippen LogP contribution is 2.14. The second-order valence-electron chi connectivity index (χ2n) is 12.1. The number of unbranched alkanes of at least 4 members (excludes halogenated alkanes) is 20. The number of hydrogen-bond donors (Lipinski definition) is 0. The van der Waals surface area contributed by atoms with Crippen LogP contribution in [0.5, 0.6) is 0 Å². The fourth-order valence-corrected chi connectivity index (χ4v) is 4.96. The van der Waals surface area contributed by atoms with Crippen LogP contribution in [0.4, 0.5) is 0 Å². The summed E-state index contributed by atoms with van der Waals surface area (Å²) in [5.74, 6) is -0.881. The van der Waals surface area contributed by atoms with Crippen molar-refractivity contribution in [1.29, 1.82) is 0 Å². The quantitative estimate of drug-likeness (QED) is 0.0340. The molecule has 0 saturated carbocycles. The standard InChI is InChI=1S/C37H67BO4/c1-3-5-7-9-11-13-15-17-18-20-22-24-26-28-30-32-37(40)42-34-35(38)33-41-36(39)31-29-27-25-23-21-19-16-14-12-10-8-6-4-2/h11,13,17-18,35H,3-10,12,14-16,19-34H2,1-2H3/b13-11-,18-17-/t35-/m1/s1. The first-order chi connectivity index (χ1) is 20.6. The lowest BCUT2D eigenvalue weighted by Crippen LogP contribution is -2.17. The van der Waals surface area contributed by atoms with Gasteiger partial charge in [-0.25, -0.2) is 0 Å². The fourth-order valence-electron chi connectivity index (χ4n) is 4.96. The molecule has 0 amide bonds. The summed E-state index contributed by atoms with van der Waals surface area (Å²) in [6, 6.07) is 0. The van der Waals surface area contributed by atoms with E-state index in [4.69, 9.17) is 17.3 Å². The molecule has 1 atom stereocenters. The topological polar surface area (TPSA) is 52.6 Å². The van der Waals surface area contributed by atoms with E-state index >= 15 is 0 Å². The predicted octanol–water partition coefficient (Wildman–Crippen LogP) is 11.3. The van der Waals surface area contributed by atoms with Gasteiger partial charge >= 0.3 is 11.9 Å². The van der Waals surface area contributed by atoms with Gasteiger partial charge in [0.05, 0.1) is 21.1 Å². The van der Waals surface area contributed by atoms with E-state index in [0.717, 1.165) is 44.9 Å². The van der Waals surface area contributed by atoms with Crippen molar-refractivity contribution in [2.45, 2.75) is 187 Å². The van der Waals surface area contributed by atoms with Crippen LogP contribution in [-0.2, 0) is 19.1 Å². The lowest BCUT2D eigenvalue weighted by Gasteiger charge is -2.13. The molecule has 0 unspecified atom stereocenters. The lowest BCUT2D eigenvalue weighted by atomic mass is 9.89. The van der Waals surface area contributed by atoms with Crippen molar-refractivity contribution in [2.24, 2.45) is 0 Å². The Morgan fingerprint density at radius 1 is 0.500 bits per heavy atom. The Morgan fingerprint density at radius 3 is 1.26 bits per heavy atom. The van der Waals surface area contributed by atoms with Crippen molar-refractivity contribution in [3.63, 3.8) is 0 Å². The lowest BCUT2D eigenvalue weighted by molar-refractivity contribution is -0.146. The van der Waals surface area contributed by atoms with E-state index in [-0.39, 0.29) is 25.2 Å². The molecule has 0 aromatic heterocycles. The van der Waals surface area contributed by atoms with Crippen molar-refractivity contribution >= 4 is 19.8 Å². The van der Waals surface area contributed by atoms with E-state index in [1.165, 1.54) is 109 Å². The van der Waals surface area contributed by atoms with Crippen LogP contribution in [0.1, 0.15) is 181 Å². The molecule has 42 heavy (non-hydrogen) atoms. The van der Waals surface area contributed by atoms with Crippen LogP contribution in [0.25, 0.3) is 0 Å². The normalized spacial score (nSPS) is 12.3. The van der Waals surface area contributed by atoms with Crippen LogP contribution in [0.2, 0.25) is 5.82 Å². The number of esters is 2. The first-order valence-electron chi connectivity index (χ1n) is 18.0. The number of rotatable bonds is 32. The molecule has 0 saturated heterocycles. The van der Waals surface area contributed by atoms with Gasteiger partial charge in [0.25, 0.3) is 0 Å². The zero-order valence-corrected chi connectivity index (χ0v) is 27.9. The molecule has 0 N–H and O–H groups in total. The minimum absolute atomic E-state index is 0.102. The van der Waals surface area contributed by atoms with Gasteiger partial charge in [0.15, 0.2) is 0 Å². The van der Waals surface area contributed by atoms with E-state index < -0.39 is 5.82 Å². The van der Waals surface area contributed by atoms with E-state index in [9.17, 15) is 9.59 Å². The van der Waals surface area contributed by atoms with Crippen LogP contribution in [-0.4, -0.2) is 33.0 Å². The van der Waals surface area contributed by atoms with Crippen LogP contribution in [0, 0.1) is 0 Å². The summed E-state index contributed by atoms with van der Waals surface area (Å²) < 4.78 is 10.5. The molecule has 0 spiro atoms. The van der Waals surface area contributed by atoms with Crippen molar-refractivity contribution in [3.05, 3.63) is 24.3 Å². The Morgan fingerprint density at radius 2 is 0.833 bits per heavy atom. The van der Waals surface area contributed by atoms with Gasteiger partial charge in [0, 0.05) is 12.8 Å². The second-order valence-corrected chi connectivity index (χ2v) is 12.1. The number of allylic oxidation sites excluding steroid dienone is 4. The zero-order chi connectivity index (χ0) is 30.8. The molecule has 0 aromatic rings. The van der Waals surface area contributed by atoms with Gasteiger partial charge in [-0.1, -0.05) is 147 Å². The molecule has 0 bridgehead atoms. The van der Waals surface area contributed by atoms with Gasteiger partial charge in [-0.15, -0.1) is 0 Å². The van der Waals surface area contributed by atoms with Crippen LogP contribution in [0.3, 0.4) is 0 Å². The van der Waals surface area contributed by atoms with Crippen LogP contribution in [0.15, 0.2) is 24.3 Å². The van der Waals surface area contributed by atoms with Gasteiger partial charge in [0.1, 0.15) is 0 Å². The molecule has 4 nitrogen and oxygen atoms in total. The average Bonchev–Trinajstić information content (AvgIpc) is 2.99. The number of carbonyl (C=O) groups excluding carboxylic acids is 2. The van der Waals surface area contributed by atoms with E-state index in [2.05, 4.69) is 38.2 Å². The maximum absolute atomic E-state index is 12.0. The number of carbonyl (C=O) groups is 2. The molecule has 242 valence electrons. The maximum atomic E-state index is 12.0. The van der Waals surface area contributed by atoms with Gasteiger partial charge < -0.3 is 9.47 Å². The summed E-state index contributed by atoms with van der Waals surface area (Å²) >= 11 is 0. The summed E-state index contributed by atoms with van der Waals surface area (Å²) in [6.07, 6.45) is 39.4. The number of hydrogen-bond acceptors (Lipinski definition) is 4. The Kier molecular flexibility index (Phi) is 32.8. The summed E-state index contributed by atoms with van der Waals surface area (Å²) in [6.45, 7) is 4.71. The molecule has 0 aliphatic heterocycles. The molecule has 2 radical (unpaired) electrons. The first-order valence-corrected chi connectivity index (χ1v) is 18.0. The third-order valence-corrected chi connectivity index (χ3v) is 7.73. The Labute approximate surface area is 262 Å². The van der Waals surface area contributed by atoms with Gasteiger partial charge in [-0.05, 0) is 50.8 Å². The smallest absolute Gasteiger partial charge is 0.305 e. The van der Waals surface area contributed by atoms with Crippen molar-refractivity contribution < 1.29 is 19.1 Å². The largest absolute Gasteiger partial charge is 0.466 e. The third-order valence-electron chi connectivity index (χ3n) is 7.73. The summed E-state index contributed by atoms with van der Waals surface area (Å²) in [5, 5.41) is 0. The highest BCUT2D eigenvalue weighted by molar-refractivity contribution is 6.12. The summed E-state index contributed by atoms with van der Waals surface area (Å²) in [7, 11) is 5.97. The minimum Gasteiger partial charge on any atom is -0.466 e. The van der Waals surface area contributed by atoms with Gasteiger partial charge in [-0.3, -0.25) is 9.59 Å². The van der Waals surface area contributed by atoms with E-state index in [1.807, 2.05) is 0 Å². The second kappa shape index (κ2) is 34.0. The Hall–Kier alpha value is -1.52. The molecular formula is C37H67BO4. The van der Waals surface area contributed by atoms with Crippen LogP contribution < -0.4 is 0 Å². The Balaban J connectivity index is 3.45. The Bertz CT molecular complexity index is 646. The molecule has 0 heterocycles. The highest BCUT2D eigenvalue weighted by atomic mass is 16.5. The predicted molar refractivity (Wildman–Crippen MR) is 181 cm³/mol. The fraction of sp³-hybridized carbons (Fsp3) is 0.838. The van der Waals surface area contributed by atoms with Gasteiger partial charge in [0.2, 0.25) is 0 Å². The molecule has 0 fully saturated rings. The summed E-state index contributed by atoms with van der Waals surface area (Å²) in [5.41, 5.74) is 0. The molecule has 0 aliphatic carbocycles. The zero-order valence-electron chi connectivity index (χ0n) is 27.9. The van der Waals surface area contributed by atoms with Crippen molar-refractivity contribution in [2.75, 3.05) is 13.2 Å². The third kappa shape index (κ3) is 33.0. The van der Waals surface area contributed by atoms with E-state index in [1.54, 1.807) is 0 Å². The van der Waals surface area contributed by atoms with Crippen molar-refractivity contribution in [1.82, 2.24) is 0 Å². The maximum Gasteiger partial charge on any atom is 0.305 e. The molecular weight excluding hydrogens is 519 g/mol. The van der Waals surface area contributed by atoms with E-state index in [0.29, 0.717) is 12.8 Å². The minimum atomic E-state index is -0.464. The first kappa shape index (κ1) is 40.5. The van der Waals surface area contributed by atoms with Crippen molar-refractivity contribution in [3.8, 4) is 0 Å². The molecule has 0 rings (SSSR count). The monoisotopic (exact) mass is 587 g/mol. The van der Waals surface area contributed by atoms with Crippen LogP contribution >= 0.6 is 0 Å². The average molecular weight is 587 g/mol. The molecule has 0 aromatic carbocycles. The SMILES string of the molecule is [B][C@@H](COC(=O)CCCCCCC/C=C\C/C=C\CCCCC)COC(=O)CCCCCCCCCCCCCCC. The number of ether oxygens (including phenoxy) is 2. The molecule has 0 aliphatic rings. The highest BCUT2D eigenvalue weighted by Gasteiger charge is 2.10. The van der Waals surface area contributed by atoms with Gasteiger partial charge in [-0.2, -0.15) is 0 Å². The molecule has 5 heteroatoms.